The van der Waals surface area contributed by atoms with Crippen LogP contribution in [0.15, 0.2) is 84.9 Å². The quantitative estimate of drug-likeness (QED) is 0.434. The van der Waals surface area contributed by atoms with Gasteiger partial charge in [-0.2, -0.15) is 0 Å². The maximum absolute atomic E-state index is 4.94. The summed E-state index contributed by atoms with van der Waals surface area (Å²) in [5.41, 5.74) is 4.53. The summed E-state index contributed by atoms with van der Waals surface area (Å²) >= 11 is 0.230. The average molecular weight is 373 g/mol. The van der Waals surface area contributed by atoms with Crippen LogP contribution in [0.5, 0.6) is 0 Å². The van der Waals surface area contributed by atoms with Crippen LogP contribution in [0.3, 0.4) is 0 Å². The van der Waals surface area contributed by atoms with Crippen LogP contribution in [0.4, 0.5) is 0 Å². The van der Waals surface area contributed by atoms with Crippen molar-refractivity contribution in [2.45, 2.75) is 0 Å². The van der Waals surface area contributed by atoms with Gasteiger partial charge in [-0.05, 0) is 0 Å². The summed E-state index contributed by atoms with van der Waals surface area (Å²) in [6.07, 6.45) is 0. The predicted octanol–water partition coefficient (Wildman–Crippen LogP) is 3.30. The summed E-state index contributed by atoms with van der Waals surface area (Å²) in [4.78, 5) is 4.94. The second-order valence-corrected chi connectivity index (χ2v) is 8.08. The molecule has 0 aliphatic rings. The van der Waals surface area contributed by atoms with E-state index >= 15 is 0 Å². The van der Waals surface area contributed by atoms with Crippen molar-refractivity contribution in [2.24, 2.45) is 0 Å². The van der Waals surface area contributed by atoms with Crippen molar-refractivity contribution in [3.8, 4) is 0 Å². The van der Waals surface area contributed by atoms with Crippen LogP contribution in [0.25, 0.3) is 27.6 Å². The summed E-state index contributed by atoms with van der Waals surface area (Å²) in [6.45, 7) is 0. The molecule has 0 aliphatic carbocycles. The van der Waals surface area contributed by atoms with Crippen molar-refractivity contribution >= 4 is 51.5 Å². The van der Waals surface area contributed by atoms with Crippen LogP contribution in [0.1, 0.15) is 0 Å². The molecule has 0 amide bonds. The normalized spacial score (nSPS) is 11.5. The molecule has 3 heteroatoms. The molecule has 0 radical (unpaired) electrons. The molecule has 0 N–H and O–H groups in total. The number of nitrogens with zero attached hydrogens (tertiary/aromatic N) is 2. The molecule has 5 rings (SSSR count). The van der Waals surface area contributed by atoms with Crippen molar-refractivity contribution in [3.05, 3.63) is 84.9 Å². The molecule has 0 fully saturated rings. The third-order valence-corrected chi connectivity index (χ3v) is 6.37. The Morgan fingerprint density at radius 2 is 1.42 bits per heavy atom. The zero-order chi connectivity index (χ0) is 15.9. The van der Waals surface area contributed by atoms with Gasteiger partial charge < -0.3 is 0 Å². The number of pyridine rings is 1. The van der Waals surface area contributed by atoms with Gasteiger partial charge in [-0.25, -0.2) is 0 Å². The minimum absolute atomic E-state index is 0.230. The molecule has 0 bridgehead atoms. The fourth-order valence-corrected chi connectivity index (χ4v) is 5.16. The Labute approximate surface area is 145 Å². The second kappa shape index (κ2) is 5.48. The van der Waals surface area contributed by atoms with E-state index in [-0.39, 0.29) is 15.0 Å². The summed E-state index contributed by atoms with van der Waals surface area (Å²) < 4.78 is 5.00. The summed E-state index contributed by atoms with van der Waals surface area (Å²) in [7, 11) is 0. The van der Waals surface area contributed by atoms with E-state index in [1.54, 1.807) is 0 Å². The first kappa shape index (κ1) is 13.8. The van der Waals surface area contributed by atoms with Crippen LogP contribution >= 0.6 is 0 Å². The van der Waals surface area contributed by atoms with E-state index in [9.17, 15) is 0 Å². The molecule has 0 aliphatic heterocycles. The number of benzene rings is 3. The molecule has 2 nitrogen and oxygen atoms in total. The number of hydrogen-bond donors (Lipinski definition) is 0. The Hall–Kier alpha value is -2.61. The zero-order valence-electron chi connectivity index (χ0n) is 12.9. The average Bonchev–Trinajstić information content (AvgIpc) is 3.03. The Morgan fingerprint density at radius 1 is 0.708 bits per heavy atom. The first-order valence-electron chi connectivity index (χ1n) is 7.92. The zero-order valence-corrected chi connectivity index (χ0v) is 14.6. The number of para-hydroxylation sites is 3. The number of fused-ring (bicyclic) bond motifs is 5. The molecule has 0 spiro atoms. The van der Waals surface area contributed by atoms with Gasteiger partial charge in [0, 0.05) is 0 Å². The van der Waals surface area contributed by atoms with E-state index in [0.29, 0.717) is 0 Å². The van der Waals surface area contributed by atoms with Gasteiger partial charge in [0.1, 0.15) is 0 Å². The second-order valence-electron chi connectivity index (χ2n) is 5.74. The topological polar surface area (TPSA) is 17.3 Å². The number of aromatic nitrogens is 2. The SMILES string of the molecule is c1ccc([Se]c2cc3ccccc3n3c2nc2ccccc23)cc1. The third-order valence-electron chi connectivity index (χ3n) is 4.22. The van der Waals surface area contributed by atoms with E-state index in [0.717, 1.165) is 11.2 Å². The summed E-state index contributed by atoms with van der Waals surface area (Å²) in [5, 5.41) is 1.26. The van der Waals surface area contributed by atoms with Gasteiger partial charge in [0.2, 0.25) is 0 Å². The van der Waals surface area contributed by atoms with Crippen molar-refractivity contribution in [3.63, 3.8) is 0 Å². The Balaban J connectivity index is 1.88. The van der Waals surface area contributed by atoms with Crippen LogP contribution in [0, 0.1) is 0 Å². The number of hydrogen-bond acceptors (Lipinski definition) is 1. The van der Waals surface area contributed by atoms with Crippen LogP contribution < -0.4 is 8.92 Å². The van der Waals surface area contributed by atoms with Crippen LogP contribution in [-0.2, 0) is 0 Å². The van der Waals surface area contributed by atoms with E-state index in [1.165, 1.54) is 25.3 Å². The van der Waals surface area contributed by atoms with Crippen molar-refractivity contribution in [1.29, 1.82) is 0 Å². The molecule has 2 aromatic heterocycles. The first-order chi connectivity index (χ1) is 11.9. The molecule has 114 valence electrons. The molecular weight excluding hydrogens is 359 g/mol. The van der Waals surface area contributed by atoms with Crippen LogP contribution in [-0.4, -0.2) is 24.3 Å². The number of imidazole rings is 1. The molecule has 0 saturated heterocycles. The van der Waals surface area contributed by atoms with Crippen molar-refractivity contribution in [1.82, 2.24) is 9.38 Å². The van der Waals surface area contributed by atoms with Gasteiger partial charge in [0.15, 0.2) is 0 Å². The van der Waals surface area contributed by atoms with Crippen LogP contribution in [0.2, 0.25) is 0 Å². The van der Waals surface area contributed by atoms with E-state index in [4.69, 9.17) is 4.98 Å². The van der Waals surface area contributed by atoms with Gasteiger partial charge in [0.25, 0.3) is 0 Å². The molecule has 0 atom stereocenters. The molecule has 5 aromatic rings. The summed E-state index contributed by atoms with van der Waals surface area (Å²) in [5.74, 6) is 0. The van der Waals surface area contributed by atoms with Gasteiger partial charge in [0.05, 0.1) is 0 Å². The fourth-order valence-electron chi connectivity index (χ4n) is 3.14. The Bertz CT molecular complexity index is 1180. The predicted molar refractivity (Wildman–Crippen MR) is 102 cm³/mol. The first-order valence-corrected chi connectivity index (χ1v) is 9.63. The maximum atomic E-state index is 4.94. The molecular formula is C21H14N2Se. The fraction of sp³-hybridized carbons (Fsp3) is 0. The Morgan fingerprint density at radius 3 is 2.29 bits per heavy atom. The molecule has 3 aromatic carbocycles. The van der Waals surface area contributed by atoms with E-state index in [1.807, 2.05) is 0 Å². The van der Waals surface area contributed by atoms with Crippen molar-refractivity contribution < 1.29 is 0 Å². The Kier molecular flexibility index (Phi) is 3.15. The molecule has 0 unspecified atom stereocenters. The van der Waals surface area contributed by atoms with E-state index in [2.05, 4.69) is 89.3 Å². The summed E-state index contributed by atoms with van der Waals surface area (Å²) in [6, 6.07) is 30.0. The standard InChI is InChI=1S/C21H14N2Se/c1-2-9-16(10-3-1)24-20-14-15-8-4-6-12-18(15)23-19-13-7-5-11-17(19)22-21(20)23/h1-14H. The molecule has 0 saturated carbocycles. The van der Waals surface area contributed by atoms with E-state index < -0.39 is 0 Å². The molecule has 2 heterocycles. The monoisotopic (exact) mass is 374 g/mol. The minimum atomic E-state index is 0.230. The number of rotatable bonds is 2. The van der Waals surface area contributed by atoms with Gasteiger partial charge in [-0.1, -0.05) is 0 Å². The third kappa shape index (κ3) is 2.14. The van der Waals surface area contributed by atoms with Gasteiger partial charge >= 0.3 is 146 Å². The van der Waals surface area contributed by atoms with Gasteiger partial charge in [-0.3, -0.25) is 0 Å². The molecule has 24 heavy (non-hydrogen) atoms. The van der Waals surface area contributed by atoms with Crippen molar-refractivity contribution in [2.75, 3.05) is 0 Å². The van der Waals surface area contributed by atoms with Gasteiger partial charge in [-0.15, -0.1) is 0 Å².